The number of aliphatic carboxylic acids is 1. The summed E-state index contributed by atoms with van der Waals surface area (Å²) >= 11 is 0. The highest BCUT2D eigenvalue weighted by Crippen LogP contribution is 2.06. The highest BCUT2D eigenvalue weighted by Gasteiger charge is 2.12. The molecule has 17 heteroatoms. The molecule has 1 aliphatic heterocycles. The van der Waals surface area contributed by atoms with Crippen LogP contribution in [0.3, 0.4) is 0 Å². The molecule has 1 rings (SSSR count). The zero-order chi connectivity index (χ0) is 36.6. The number of amides is 1. The van der Waals surface area contributed by atoms with Gasteiger partial charge in [0.2, 0.25) is 5.91 Å². The maximum Gasteiger partial charge on any atom is 0.303 e. The predicted molar refractivity (Wildman–Crippen MR) is 185 cm³/mol. The largest absolute Gasteiger partial charge is 0.481 e. The number of carboxylic acid groups (broad SMARTS) is 1. The van der Waals surface area contributed by atoms with Gasteiger partial charge in [-0.1, -0.05) is 0 Å². The first-order valence-electron chi connectivity index (χ1n) is 18.3. The maximum atomic E-state index is 11.4. The number of nitrogens with one attached hydrogen (secondary N) is 2. The Morgan fingerprint density at radius 1 is 0.471 bits per heavy atom. The summed E-state index contributed by atoms with van der Waals surface area (Å²) in [5, 5.41) is 14.5. The van der Waals surface area contributed by atoms with Crippen LogP contribution in [0, 0.1) is 0 Å². The minimum atomic E-state index is -0.983. The summed E-state index contributed by atoms with van der Waals surface area (Å²) in [6, 6.07) is 0. The van der Waals surface area contributed by atoms with E-state index in [0.717, 1.165) is 25.9 Å². The van der Waals surface area contributed by atoms with E-state index >= 15 is 0 Å². The number of hydrogen-bond donors (Lipinski definition) is 3. The summed E-state index contributed by atoms with van der Waals surface area (Å²) in [7, 11) is 0. The highest BCUT2D eigenvalue weighted by molar-refractivity contribution is 5.80. The Hall–Kier alpha value is -1.58. The number of rotatable bonds is 41. The molecule has 0 saturated carbocycles. The summed E-state index contributed by atoms with van der Waals surface area (Å²) < 4.78 is 66.0. The van der Waals surface area contributed by atoms with E-state index < -0.39 is 5.97 Å². The molecule has 0 aliphatic carbocycles. The molecule has 0 atom stereocenters. The van der Waals surface area contributed by atoms with Gasteiger partial charge in [-0.3, -0.25) is 9.59 Å². The zero-order valence-corrected chi connectivity index (χ0v) is 30.7. The monoisotopic (exact) mass is 742 g/mol. The molecule has 51 heavy (non-hydrogen) atoms. The van der Waals surface area contributed by atoms with E-state index in [1.807, 2.05) is 0 Å². The molecule has 3 N–H and O–H groups in total. The van der Waals surface area contributed by atoms with Crippen molar-refractivity contribution in [3.05, 3.63) is 0 Å². The van der Waals surface area contributed by atoms with Crippen molar-refractivity contribution < 1.29 is 71.5 Å². The van der Waals surface area contributed by atoms with Gasteiger partial charge in [0, 0.05) is 19.6 Å². The van der Waals surface area contributed by atoms with Crippen LogP contribution in [0.4, 0.5) is 0 Å². The number of piperidine rings is 1. The van der Waals surface area contributed by atoms with Crippen molar-refractivity contribution in [2.45, 2.75) is 38.2 Å². The third-order valence-electron chi connectivity index (χ3n) is 6.94. The molecular formula is C34H66N2O15. The van der Waals surface area contributed by atoms with Gasteiger partial charge in [-0.05, 0) is 32.4 Å². The SMILES string of the molecule is O=C(O)CCC(=O)NCCCOCCOCCOCCOCCOCCOCCOCCOCCOCCOCCOCCOC1CCNCC1. The van der Waals surface area contributed by atoms with E-state index in [1.165, 1.54) is 0 Å². The van der Waals surface area contributed by atoms with Gasteiger partial charge in [0.05, 0.1) is 158 Å². The maximum absolute atomic E-state index is 11.4. The van der Waals surface area contributed by atoms with Crippen LogP contribution < -0.4 is 10.6 Å². The summed E-state index contributed by atoms with van der Waals surface area (Å²) in [6.45, 7) is 14.1. The fourth-order valence-corrected chi connectivity index (χ4v) is 4.25. The molecule has 1 saturated heterocycles. The Morgan fingerprint density at radius 2 is 0.784 bits per heavy atom. The lowest BCUT2D eigenvalue weighted by Gasteiger charge is -2.22. The third-order valence-corrected chi connectivity index (χ3v) is 6.94. The number of carboxylic acids is 1. The normalized spacial score (nSPS) is 13.6. The number of carbonyl (C=O) groups is 2. The van der Waals surface area contributed by atoms with E-state index in [1.54, 1.807) is 0 Å². The lowest BCUT2D eigenvalue weighted by atomic mass is 10.1. The van der Waals surface area contributed by atoms with Crippen molar-refractivity contribution in [1.29, 1.82) is 0 Å². The second-order valence-electron chi connectivity index (χ2n) is 11.2. The minimum absolute atomic E-state index is 0.0102. The van der Waals surface area contributed by atoms with Gasteiger partial charge in [0.15, 0.2) is 0 Å². The quantitative estimate of drug-likeness (QED) is 0.0726. The van der Waals surface area contributed by atoms with Crippen LogP contribution in [0.5, 0.6) is 0 Å². The molecule has 0 aromatic rings. The first kappa shape index (κ1) is 47.4. The molecule has 0 aromatic heterocycles. The van der Waals surface area contributed by atoms with E-state index in [0.29, 0.717) is 171 Å². The standard InChI is InChI=1S/C34H66N2O15/c37-33(2-3-34(38)39)36-6-1-9-40-10-11-41-12-13-42-14-15-43-16-17-44-18-19-45-20-21-46-22-23-47-24-25-48-26-27-49-28-29-50-30-31-51-32-4-7-35-8-5-32/h32,35H,1-31H2,(H,36,37)(H,38,39). The summed E-state index contributed by atoms with van der Waals surface area (Å²) in [5.41, 5.74) is 0. The van der Waals surface area contributed by atoms with Gasteiger partial charge in [-0.2, -0.15) is 0 Å². The molecule has 0 radical (unpaired) electrons. The molecule has 302 valence electrons. The lowest BCUT2D eigenvalue weighted by molar-refractivity contribution is -0.138. The van der Waals surface area contributed by atoms with Crippen molar-refractivity contribution >= 4 is 11.9 Å². The van der Waals surface area contributed by atoms with Gasteiger partial charge < -0.3 is 72.6 Å². The third kappa shape index (κ3) is 38.0. The van der Waals surface area contributed by atoms with Crippen molar-refractivity contribution in [3.63, 3.8) is 0 Å². The lowest BCUT2D eigenvalue weighted by Crippen LogP contribution is -2.33. The van der Waals surface area contributed by atoms with Crippen molar-refractivity contribution in [2.24, 2.45) is 0 Å². The van der Waals surface area contributed by atoms with Crippen LogP contribution in [0.2, 0.25) is 0 Å². The van der Waals surface area contributed by atoms with Crippen molar-refractivity contribution in [2.75, 3.05) is 172 Å². The fraction of sp³-hybridized carbons (Fsp3) is 0.941. The van der Waals surface area contributed by atoms with E-state index in [-0.39, 0.29) is 18.7 Å². The number of carbonyl (C=O) groups excluding carboxylic acids is 1. The Morgan fingerprint density at radius 3 is 1.12 bits per heavy atom. The van der Waals surface area contributed by atoms with E-state index in [2.05, 4.69) is 10.6 Å². The fourth-order valence-electron chi connectivity index (χ4n) is 4.25. The molecule has 1 heterocycles. The van der Waals surface area contributed by atoms with Gasteiger partial charge in [-0.15, -0.1) is 0 Å². The van der Waals surface area contributed by atoms with Crippen LogP contribution in [0.1, 0.15) is 32.1 Å². The summed E-state index contributed by atoms with van der Waals surface area (Å²) in [6.07, 6.45) is 2.99. The van der Waals surface area contributed by atoms with Gasteiger partial charge in [0.25, 0.3) is 0 Å². The molecule has 0 spiro atoms. The summed E-state index contributed by atoms with van der Waals surface area (Å²) in [4.78, 5) is 21.8. The second-order valence-corrected chi connectivity index (χ2v) is 11.2. The predicted octanol–water partition coefficient (Wildman–Crippen LogP) is 0.309. The molecule has 1 amide bonds. The first-order chi connectivity index (χ1) is 25.2. The highest BCUT2D eigenvalue weighted by atomic mass is 16.6. The van der Waals surface area contributed by atoms with E-state index in [9.17, 15) is 9.59 Å². The topological polar surface area (TPSA) is 189 Å². The average Bonchev–Trinajstić information content (AvgIpc) is 3.14. The van der Waals surface area contributed by atoms with E-state index in [4.69, 9.17) is 61.9 Å². The van der Waals surface area contributed by atoms with Crippen LogP contribution >= 0.6 is 0 Å². The number of ether oxygens (including phenoxy) is 12. The first-order valence-corrected chi connectivity index (χ1v) is 18.3. The molecule has 0 unspecified atom stereocenters. The molecule has 1 fully saturated rings. The molecule has 0 bridgehead atoms. The van der Waals surface area contributed by atoms with Crippen LogP contribution in [0.25, 0.3) is 0 Å². The van der Waals surface area contributed by atoms with Crippen LogP contribution in [-0.2, 0) is 66.4 Å². The Labute approximate surface area is 303 Å². The van der Waals surface area contributed by atoms with Crippen molar-refractivity contribution in [3.8, 4) is 0 Å². The molecule has 1 aliphatic rings. The van der Waals surface area contributed by atoms with Gasteiger partial charge in [-0.25, -0.2) is 0 Å². The Kier molecular flexibility index (Phi) is 36.9. The van der Waals surface area contributed by atoms with Gasteiger partial charge in [0.1, 0.15) is 0 Å². The van der Waals surface area contributed by atoms with Crippen molar-refractivity contribution in [1.82, 2.24) is 10.6 Å². The van der Waals surface area contributed by atoms with Gasteiger partial charge >= 0.3 is 5.97 Å². The molecule has 0 aromatic carbocycles. The minimum Gasteiger partial charge on any atom is -0.481 e. The Bertz CT molecular complexity index is 751. The molecule has 17 nitrogen and oxygen atoms in total. The van der Waals surface area contributed by atoms with Crippen LogP contribution in [-0.4, -0.2) is 195 Å². The second kappa shape index (κ2) is 39.6. The molecular weight excluding hydrogens is 676 g/mol. The number of hydrogen-bond acceptors (Lipinski definition) is 15. The zero-order valence-electron chi connectivity index (χ0n) is 30.7. The summed E-state index contributed by atoms with van der Waals surface area (Å²) in [5.74, 6) is -1.25. The Balaban J connectivity index is 1.61. The van der Waals surface area contributed by atoms with Crippen LogP contribution in [0.15, 0.2) is 0 Å². The average molecular weight is 743 g/mol. The smallest absolute Gasteiger partial charge is 0.303 e.